The molecule has 1 aromatic carbocycles. The molecule has 0 aliphatic rings. The Morgan fingerprint density at radius 3 is 3.06 bits per heavy atom. The van der Waals surface area contributed by atoms with Crippen LogP contribution in [0.3, 0.4) is 0 Å². The summed E-state index contributed by atoms with van der Waals surface area (Å²) >= 11 is 3.51. The van der Waals surface area contributed by atoms with Gasteiger partial charge in [0.1, 0.15) is 5.75 Å². The van der Waals surface area contributed by atoms with Crippen LogP contribution in [0.15, 0.2) is 27.9 Å². The lowest BCUT2D eigenvalue weighted by molar-refractivity contribution is 0.412. The number of benzene rings is 1. The van der Waals surface area contributed by atoms with Crippen LogP contribution in [0.4, 0.5) is 0 Å². The fourth-order valence-corrected chi connectivity index (χ4v) is 2.52. The highest BCUT2D eigenvalue weighted by molar-refractivity contribution is 9.10. The monoisotopic (exact) mass is 309 g/mol. The molecule has 1 aromatic heterocycles. The van der Waals surface area contributed by atoms with Gasteiger partial charge in [-0.05, 0) is 33.6 Å². The first-order valence-corrected chi connectivity index (χ1v) is 6.19. The van der Waals surface area contributed by atoms with Gasteiger partial charge < -0.3 is 4.74 Å². The molecule has 94 valence electrons. The maximum Gasteiger partial charge on any atom is 0.135 e. The third-order valence-electron chi connectivity index (χ3n) is 2.61. The highest BCUT2D eigenvalue weighted by atomic mass is 79.9. The summed E-state index contributed by atoms with van der Waals surface area (Å²) in [6.07, 6.45) is 1.78. The molecule has 0 aliphatic heterocycles. The van der Waals surface area contributed by atoms with Crippen molar-refractivity contribution < 1.29 is 4.74 Å². The predicted molar refractivity (Wildman–Crippen MR) is 72.6 cm³/mol. The van der Waals surface area contributed by atoms with E-state index in [1.165, 1.54) is 0 Å². The van der Waals surface area contributed by atoms with Crippen molar-refractivity contribution in [1.82, 2.24) is 9.78 Å². The second kappa shape index (κ2) is 5.29. The van der Waals surface area contributed by atoms with Gasteiger partial charge in [-0.1, -0.05) is 12.0 Å². The molecule has 0 bridgehead atoms. The highest BCUT2D eigenvalue weighted by Crippen LogP contribution is 2.32. The Bertz CT molecular complexity index is 617. The van der Waals surface area contributed by atoms with Gasteiger partial charge >= 0.3 is 0 Å². The van der Waals surface area contributed by atoms with Gasteiger partial charge in [0.15, 0.2) is 0 Å². The number of nitrogens with zero attached hydrogens (tertiary/aromatic N) is 5. The van der Waals surface area contributed by atoms with Crippen LogP contribution in [0, 0.1) is 0 Å². The van der Waals surface area contributed by atoms with Crippen LogP contribution in [-0.2, 0) is 6.54 Å². The summed E-state index contributed by atoms with van der Waals surface area (Å²) in [6.45, 7) is 2.38. The first-order chi connectivity index (χ1) is 8.67. The molecule has 0 spiro atoms. The van der Waals surface area contributed by atoms with Gasteiger partial charge in [0, 0.05) is 16.8 Å². The topological polar surface area (TPSA) is 75.8 Å². The van der Waals surface area contributed by atoms with E-state index in [-0.39, 0.29) is 6.04 Å². The number of rotatable bonds is 4. The molecule has 0 saturated carbocycles. The van der Waals surface area contributed by atoms with Crippen molar-refractivity contribution in [3.63, 3.8) is 0 Å². The summed E-state index contributed by atoms with van der Waals surface area (Å²) in [7, 11) is 1.62. The van der Waals surface area contributed by atoms with Crippen LogP contribution in [0.1, 0.15) is 6.92 Å². The minimum atomic E-state index is -0.156. The lowest BCUT2D eigenvalue weighted by atomic mass is 10.2. The number of aromatic nitrogens is 2. The molecule has 0 saturated heterocycles. The van der Waals surface area contributed by atoms with E-state index in [2.05, 4.69) is 31.1 Å². The van der Waals surface area contributed by atoms with Crippen molar-refractivity contribution in [2.75, 3.05) is 7.11 Å². The molecular formula is C11H12BrN5O. The van der Waals surface area contributed by atoms with Crippen LogP contribution in [-0.4, -0.2) is 22.9 Å². The molecule has 1 atom stereocenters. The van der Waals surface area contributed by atoms with E-state index in [4.69, 9.17) is 10.3 Å². The quantitative estimate of drug-likeness (QED) is 0.492. The van der Waals surface area contributed by atoms with E-state index in [1.54, 1.807) is 18.0 Å². The van der Waals surface area contributed by atoms with Crippen LogP contribution >= 0.6 is 15.9 Å². The number of fused-ring (bicyclic) bond motifs is 1. The number of ether oxygens (including phenoxy) is 1. The summed E-state index contributed by atoms with van der Waals surface area (Å²) in [5, 5.41) is 8.96. The first kappa shape index (κ1) is 12.7. The van der Waals surface area contributed by atoms with Crippen molar-refractivity contribution in [3.05, 3.63) is 33.2 Å². The number of methoxy groups -OCH3 is 1. The Balaban J connectivity index is 2.48. The largest absolute Gasteiger partial charge is 0.495 e. The number of halogens is 1. The SMILES string of the molecule is COc1ccc2cnn(CC(C)N=[N+]=[N-])c2c1Br. The van der Waals surface area contributed by atoms with Gasteiger partial charge in [-0.3, -0.25) is 4.68 Å². The van der Waals surface area contributed by atoms with E-state index in [0.717, 1.165) is 21.1 Å². The molecule has 0 radical (unpaired) electrons. The minimum Gasteiger partial charge on any atom is -0.495 e. The van der Waals surface area contributed by atoms with E-state index >= 15 is 0 Å². The minimum absolute atomic E-state index is 0.156. The molecule has 0 amide bonds. The third kappa shape index (κ3) is 2.27. The van der Waals surface area contributed by atoms with Crippen LogP contribution < -0.4 is 4.74 Å². The van der Waals surface area contributed by atoms with Crippen molar-refractivity contribution in [3.8, 4) is 5.75 Å². The smallest absolute Gasteiger partial charge is 0.135 e. The maximum absolute atomic E-state index is 8.41. The van der Waals surface area contributed by atoms with Crippen molar-refractivity contribution in [2.24, 2.45) is 5.11 Å². The molecular weight excluding hydrogens is 298 g/mol. The molecule has 18 heavy (non-hydrogen) atoms. The molecule has 2 rings (SSSR count). The Kier molecular flexibility index (Phi) is 3.74. The van der Waals surface area contributed by atoms with Gasteiger partial charge in [-0.2, -0.15) is 5.10 Å². The average molecular weight is 310 g/mol. The Morgan fingerprint density at radius 1 is 1.61 bits per heavy atom. The molecule has 1 heterocycles. The summed E-state index contributed by atoms with van der Waals surface area (Å²) in [6, 6.07) is 3.67. The Morgan fingerprint density at radius 2 is 2.39 bits per heavy atom. The number of azide groups is 1. The molecule has 7 heteroatoms. The van der Waals surface area contributed by atoms with Crippen molar-refractivity contribution in [1.29, 1.82) is 0 Å². The fraction of sp³-hybridized carbons (Fsp3) is 0.364. The molecule has 6 nitrogen and oxygen atoms in total. The lowest BCUT2D eigenvalue weighted by Gasteiger charge is -2.09. The zero-order valence-corrected chi connectivity index (χ0v) is 11.6. The normalized spacial score (nSPS) is 12.2. The van der Waals surface area contributed by atoms with Crippen LogP contribution in [0.2, 0.25) is 0 Å². The van der Waals surface area contributed by atoms with Gasteiger partial charge in [0.05, 0.1) is 29.3 Å². The summed E-state index contributed by atoms with van der Waals surface area (Å²) in [5.41, 5.74) is 9.35. The van der Waals surface area contributed by atoms with Crippen LogP contribution in [0.5, 0.6) is 5.75 Å². The summed E-state index contributed by atoms with van der Waals surface area (Å²) in [5.74, 6) is 0.751. The predicted octanol–water partition coefficient (Wildman–Crippen LogP) is 3.51. The van der Waals surface area contributed by atoms with Crippen molar-refractivity contribution in [2.45, 2.75) is 19.5 Å². The molecule has 2 aromatic rings. The van der Waals surface area contributed by atoms with E-state index < -0.39 is 0 Å². The fourth-order valence-electron chi connectivity index (χ4n) is 1.79. The van der Waals surface area contributed by atoms with Gasteiger partial charge in [-0.25, -0.2) is 0 Å². The van der Waals surface area contributed by atoms with Gasteiger partial charge in [0.2, 0.25) is 0 Å². The second-order valence-corrected chi connectivity index (χ2v) is 4.69. The second-order valence-electron chi connectivity index (χ2n) is 3.90. The maximum atomic E-state index is 8.41. The summed E-state index contributed by atoms with van der Waals surface area (Å²) < 4.78 is 7.92. The Labute approximate surface area is 112 Å². The third-order valence-corrected chi connectivity index (χ3v) is 3.38. The number of hydrogen-bond acceptors (Lipinski definition) is 3. The van der Waals surface area contributed by atoms with E-state index in [1.807, 2.05) is 19.1 Å². The lowest BCUT2D eigenvalue weighted by Crippen LogP contribution is -2.11. The zero-order chi connectivity index (χ0) is 13.1. The highest BCUT2D eigenvalue weighted by Gasteiger charge is 2.12. The van der Waals surface area contributed by atoms with Crippen LogP contribution in [0.25, 0.3) is 21.3 Å². The average Bonchev–Trinajstić information content (AvgIpc) is 2.74. The molecule has 0 fully saturated rings. The zero-order valence-electron chi connectivity index (χ0n) is 10.0. The van der Waals surface area contributed by atoms with Gasteiger partial charge in [0.25, 0.3) is 0 Å². The van der Waals surface area contributed by atoms with E-state index in [9.17, 15) is 0 Å². The first-order valence-electron chi connectivity index (χ1n) is 5.39. The van der Waals surface area contributed by atoms with Gasteiger partial charge in [-0.15, -0.1) is 0 Å². The molecule has 0 aliphatic carbocycles. The molecule has 0 N–H and O–H groups in total. The Hall–Kier alpha value is -1.72. The summed E-state index contributed by atoms with van der Waals surface area (Å²) in [4.78, 5) is 2.80. The van der Waals surface area contributed by atoms with Crippen molar-refractivity contribution >= 4 is 26.8 Å². The van der Waals surface area contributed by atoms with E-state index in [0.29, 0.717) is 6.54 Å². The standard InChI is InChI=1S/C11H12BrN5O/c1-7(15-16-13)6-17-11-8(5-14-17)3-4-9(18-2)10(11)12/h3-5,7H,6H2,1-2H3. The molecule has 1 unspecified atom stereocenters. The number of hydrogen-bond donors (Lipinski definition) is 0.